The largest absolute Gasteiger partial charge is 0.496 e. The molecule has 30 heavy (non-hydrogen) atoms. The quantitative estimate of drug-likeness (QED) is 0.672. The summed E-state index contributed by atoms with van der Waals surface area (Å²) >= 11 is 0. The van der Waals surface area contributed by atoms with Crippen LogP contribution in [0.1, 0.15) is 59.2 Å². The first-order valence-corrected chi connectivity index (χ1v) is 10.6. The molecule has 0 radical (unpaired) electrons. The van der Waals surface area contributed by atoms with E-state index in [9.17, 15) is 14.7 Å². The number of hydrogen-bond acceptors (Lipinski definition) is 3. The average Bonchev–Trinajstić information content (AvgIpc) is 3.38. The summed E-state index contributed by atoms with van der Waals surface area (Å²) in [4.78, 5) is 23.6. The van der Waals surface area contributed by atoms with Gasteiger partial charge < -0.3 is 15.2 Å². The van der Waals surface area contributed by atoms with E-state index in [1.165, 1.54) is 24.0 Å². The van der Waals surface area contributed by atoms with Crippen LogP contribution >= 0.6 is 0 Å². The molecule has 1 saturated carbocycles. The van der Waals surface area contributed by atoms with Gasteiger partial charge in [0.05, 0.1) is 12.7 Å². The molecular weight excluding hydrogens is 378 g/mol. The smallest absolute Gasteiger partial charge is 0.335 e. The van der Waals surface area contributed by atoms with Crippen LogP contribution in [-0.4, -0.2) is 24.1 Å². The molecule has 0 bridgehead atoms. The first-order valence-electron chi connectivity index (χ1n) is 10.6. The van der Waals surface area contributed by atoms with Gasteiger partial charge in [0.1, 0.15) is 5.75 Å². The van der Waals surface area contributed by atoms with Crippen LogP contribution in [0.5, 0.6) is 5.75 Å². The van der Waals surface area contributed by atoms with Crippen LogP contribution in [0.2, 0.25) is 0 Å². The molecule has 2 aromatic rings. The summed E-state index contributed by atoms with van der Waals surface area (Å²) < 4.78 is 5.43. The van der Waals surface area contributed by atoms with Crippen molar-refractivity contribution >= 4 is 23.1 Å². The molecule has 2 aromatic carbocycles. The number of fused-ring (bicyclic) bond motifs is 1. The average molecular weight is 405 g/mol. The summed E-state index contributed by atoms with van der Waals surface area (Å²) in [6, 6.07) is 11.1. The fourth-order valence-corrected chi connectivity index (χ4v) is 4.56. The van der Waals surface area contributed by atoms with Crippen molar-refractivity contribution in [3.8, 4) is 5.75 Å². The SMILES string of the molecule is COc1cc(C(=O)O)ccc1CC1=CCc2ccc(NC(=O)CC3CCCC3)cc21. The van der Waals surface area contributed by atoms with Crippen molar-refractivity contribution < 1.29 is 19.4 Å². The third-order valence-corrected chi connectivity index (χ3v) is 6.17. The highest BCUT2D eigenvalue weighted by Gasteiger charge is 2.20. The minimum atomic E-state index is -0.969. The summed E-state index contributed by atoms with van der Waals surface area (Å²) in [5, 5.41) is 12.3. The monoisotopic (exact) mass is 405 g/mol. The Labute approximate surface area is 176 Å². The highest BCUT2D eigenvalue weighted by atomic mass is 16.5. The summed E-state index contributed by atoms with van der Waals surface area (Å²) in [5.74, 6) is 0.223. The van der Waals surface area contributed by atoms with Gasteiger partial charge in [0.2, 0.25) is 5.91 Å². The maximum atomic E-state index is 12.4. The lowest BCUT2D eigenvalue weighted by molar-refractivity contribution is -0.117. The molecule has 2 aliphatic rings. The zero-order valence-corrected chi connectivity index (χ0v) is 17.2. The summed E-state index contributed by atoms with van der Waals surface area (Å²) in [7, 11) is 1.55. The number of carboxylic acids is 1. The molecule has 156 valence electrons. The Morgan fingerprint density at radius 2 is 1.93 bits per heavy atom. The van der Waals surface area contributed by atoms with Gasteiger partial charge in [0.25, 0.3) is 0 Å². The van der Waals surface area contributed by atoms with E-state index in [-0.39, 0.29) is 11.5 Å². The summed E-state index contributed by atoms with van der Waals surface area (Å²) in [5.41, 5.74) is 5.52. The van der Waals surface area contributed by atoms with Crippen molar-refractivity contribution in [2.24, 2.45) is 5.92 Å². The predicted octanol–water partition coefficient (Wildman–Crippen LogP) is 5.09. The zero-order chi connectivity index (χ0) is 21.1. The summed E-state index contributed by atoms with van der Waals surface area (Å²) in [6.45, 7) is 0. The van der Waals surface area contributed by atoms with Crippen molar-refractivity contribution in [2.45, 2.75) is 44.9 Å². The molecule has 0 unspecified atom stereocenters. The molecule has 5 heteroatoms. The number of carbonyl (C=O) groups excluding carboxylic acids is 1. The lowest BCUT2D eigenvalue weighted by Crippen LogP contribution is -2.15. The van der Waals surface area contributed by atoms with Gasteiger partial charge in [-0.15, -0.1) is 0 Å². The number of ether oxygens (including phenoxy) is 1. The second-order valence-corrected chi connectivity index (χ2v) is 8.22. The number of hydrogen-bond donors (Lipinski definition) is 2. The minimum absolute atomic E-state index is 0.0938. The van der Waals surface area contributed by atoms with Gasteiger partial charge in [-0.1, -0.05) is 31.1 Å². The van der Waals surface area contributed by atoms with Crippen molar-refractivity contribution in [1.82, 2.24) is 0 Å². The lowest BCUT2D eigenvalue weighted by Gasteiger charge is -2.13. The van der Waals surface area contributed by atoms with E-state index in [0.717, 1.165) is 36.1 Å². The number of rotatable bonds is 7. The molecule has 0 aromatic heterocycles. The van der Waals surface area contributed by atoms with Crippen molar-refractivity contribution in [3.05, 3.63) is 64.7 Å². The van der Waals surface area contributed by atoms with Gasteiger partial charge in [0.15, 0.2) is 0 Å². The van der Waals surface area contributed by atoms with Gasteiger partial charge >= 0.3 is 5.97 Å². The first-order chi connectivity index (χ1) is 14.5. The first kappa shape index (κ1) is 20.2. The lowest BCUT2D eigenvalue weighted by atomic mass is 9.97. The third-order valence-electron chi connectivity index (χ3n) is 6.17. The van der Waals surface area contributed by atoms with Crippen molar-refractivity contribution in [1.29, 1.82) is 0 Å². The van der Waals surface area contributed by atoms with E-state index in [4.69, 9.17) is 4.74 Å². The van der Waals surface area contributed by atoms with Crippen molar-refractivity contribution in [3.63, 3.8) is 0 Å². The second-order valence-electron chi connectivity index (χ2n) is 8.22. The molecule has 2 aliphatic carbocycles. The molecule has 5 nitrogen and oxygen atoms in total. The topological polar surface area (TPSA) is 75.6 Å². The molecule has 1 fully saturated rings. The number of benzene rings is 2. The molecule has 0 spiro atoms. The maximum absolute atomic E-state index is 12.4. The minimum Gasteiger partial charge on any atom is -0.496 e. The standard InChI is InChI=1S/C25H27NO4/c1-30-23-14-20(25(28)29)9-8-19(23)13-18-7-6-17-10-11-21(15-22(17)18)26-24(27)12-16-4-2-3-5-16/h7-11,14-16H,2-6,12-13H2,1H3,(H,26,27)(H,28,29). The number of amides is 1. The highest BCUT2D eigenvalue weighted by molar-refractivity contribution is 5.92. The van der Waals surface area contributed by atoms with E-state index < -0.39 is 5.97 Å². The second kappa shape index (κ2) is 8.74. The number of carboxylic acid groups (broad SMARTS) is 1. The van der Waals surface area contributed by atoms with Crippen LogP contribution in [0.15, 0.2) is 42.5 Å². The number of allylic oxidation sites excluding steroid dienone is 2. The fourth-order valence-electron chi connectivity index (χ4n) is 4.56. The number of anilines is 1. The van der Waals surface area contributed by atoms with E-state index in [0.29, 0.717) is 24.5 Å². The number of aromatic carboxylic acids is 1. The van der Waals surface area contributed by atoms with E-state index in [1.54, 1.807) is 19.2 Å². The Morgan fingerprint density at radius 1 is 1.13 bits per heavy atom. The Kier molecular flexibility index (Phi) is 5.88. The molecule has 0 saturated heterocycles. The predicted molar refractivity (Wildman–Crippen MR) is 117 cm³/mol. The highest BCUT2D eigenvalue weighted by Crippen LogP contribution is 2.35. The number of nitrogens with one attached hydrogen (secondary N) is 1. The van der Waals surface area contributed by atoms with E-state index in [1.807, 2.05) is 12.1 Å². The Morgan fingerprint density at radius 3 is 2.67 bits per heavy atom. The molecule has 2 N–H and O–H groups in total. The zero-order valence-electron chi connectivity index (χ0n) is 17.2. The maximum Gasteiger partial charge on any atom is 0.335 e. The Hall–Kier alpha value is -3.08. The van der Waals surface area contributed by atoms with Gasteiger partial charge in [-0.3, -0.25) is 4.79 Å². The van der Waals surface area contributed by atoms with Crippen molar-refractivity contribution in [2.75, 3.05) is 12.4 Å². The molecular formula is C25H27NO4. The van der Waals surface area contributed by atoms with Crippen LogP contribution < -0.4 is 10.1 Å². The fraction of sp³-hybridized carbons (Fsp3) is 0.360. The molecule has 4 rings (SSSR count). The summed E-state index contributed by atoms with van der Waals surface area (Å²) in [6.07, 6.45) is 9.10. The number of methoxy groups -OCH3 is 1. The Bertz CT molecular complexity index is 1000. The molecule has 0 heterocycles. The molecule has 0 aliphatic heterocycles. The molecule has 1 amide bonds. The van der Waals surface area contributed by atoms with E-state index in [2.05, 4.69) is 23.5 Å². The number of carbonyl (C=O) groups is 2. The van der Waals surface area contributed by atoms with Gasteiger partial charge in [-0.25, -0.2) is 4.79 Å². The van der Waals surface area contributed by atoms with Crippen LogP contribution in [0.4, 0.5) is 5.69 Å². The Balaban J connectivity index is 1.49. The van der Waals surface area contributed by atoms with Crippen LogP contribution in [0.25, 0.3) is 5.57 Å². The van der Waals surface area contributed by atoms with Crippen LogP contribution in [0.3, 0.4) is 0 Å². The van der Waals surface area contributed by atoms with Gasteiger partial charge in [0, 0.05) is 18.5 Å². The third kappa shape index (κ3) is 4.40. The van der Waals surface area contributed by atoms with E-state index >= 15 is 0 Å². The van der Waals surface area contributed by atoms with Crippen LogP contribution in [-0.2, 0) is 17.6 Å². The normalized spacial score (nSPS) is 15.6. The van der Waals surface area contributed by atoms with Crippen LogP contribution in [0, 0.1) is 5.92 Å². The van der Waals surface area contributed by atoms with Gasteiger partial charge in [-0.2, -0.15) is 0 Å². The molecule has 0 atom stereocenters. The van der Waals surface area contributed by atoms with Gasteiger partial charge in [-0.05, 0) is 71.7 Å².